The zero-order chi connectivity index (χ0) is 26.0. The van der Waals surface area contributed by atoms with E-state index in [-0.39, 0.29) is 11.1 Å². The van der Waals surface area contributed by atoms with Gasteiger partial charge in [0.1, 0.15) is 11.8 Å². The van der Waals surface area contributed by atoms with Gasteiger partial charge in [0.15, 0.2) is 4.80 Å². The van der Waals surface area contributed by atoms with E-state index in [4.69, 9.17) is 21.1 Å². The van der Waals surface area contributed by atoms with Gasteiger partial charge in [-0.3, -0.25) is 9.36 Å². The van der Waals surface area contributed by atoms with Crippen LogP contribution in [0.1, 0.15) is 37.9 Å². The number of rotatable bonds is 7. The van der Waals surface area contributed by atoms with Crippen molar-refractivity contribution in [2.24, 2.45) is 4.99 Å². The predicted molar refractivity (Wildman–Crippen MR) is 144 cm³/mol. The van der Waals surface area contributed by atoms with E-state index in [2.05, 4.69) is 35.9 Å². The molecule has 36 heavy (non-hydrogen) atoms. The molecule has 0 spiro atoms. The molecule has 0 unspecified atom stereocenters. The normalized spacial score (nSPS) is 15.4. The maximum atomic E-state index is 13.7. The molecule has 9 heteroatoms. The average molecular weight is 526 g/mol. The maximum absolute atomic E-state index is 13.7. The number of hydrogen-bond acceptors (Lipinski definition) is 7. The first kappa shape index (κ1) is 25.7. The summed E-state index contributed by atoms with van der Waals surface area (Å²) in [5, 5.41) is 0.458. The Hall–Kier alpha value is -3.36. The molecule has 0 saturated heterocycles. The lowest BCUT2D eigenvalue weighted by Gasteiger charge is -2.25. The van der Waals surface area contributed by atoms with Crippen molar-refractivity contribution < 1.29 is 14.3 Å². The highest BCUT2D eigenvalue weighted by Gasteiger charge is 2.35. The summed E-state index contributed by atoms with van der Waals surface area (Å²) in [6.07, 6.45) is 1.85. The van der Waals surface area contributed by atoms with Crippen LogP contribution in [0.15, 0.2) is 63.5 Å². The SMILES string of the molecule is CCN(CC)c1ccc(/C=c2\sc3n(c2=O)[C@@H](c2cc(Cl)ccc2OC)C(C(=O)OC)=C(C)N=3)cc1. The van der Waals surface area contributed by atoms with Gasteiger partial charge in [0.25, 0.3) is 5.56 Å². The monoisotopic (exact) mass is 525 g/mol. The van der Waals surface area contributed by atoms with Crippen LogP contribution >= 0.6 is 22.9 Å². The number of esters is 1. The third-order valence-corrected chi connectivity index (χ3v) is 7.45. The van der Waals surface area contributed by atoms with Crippen molar-refractivity contribution >= 4 is 40.7 Å². The molecule has 2 heterocycles. The van der Waals surface area contributed by atoms with Crippen molar-refractivity contribution in [2.75, 3.05) is 32.2 Å². The number of carbonyl (C=O) groups is 1. The van der Waals surface area contributed by atoms with Crippen molar-refractivity contribution in [3.05, 3.63) is 89.6 Å². The number of carbonyl (C=O) groups excluding carboxylic acids is 1. The first-order valence-electron chi connectivity index (χ1n) is 11.6. The average Bonchev–Trinajstić information content (AvgIpc) is 3.18. The van der Waals surface area contributed by atoms with E-state index in [1.54, 1.807) is 25.1 Å². The highest BCUT2D eigenvalue weighted by molar-refractivity contribution is 7.07. The van der Waals surface area contributed by atoms with E-state index >= 15 is 0 Å². The van der Waals surface area contributed by atoms with Crippen molar-refractivity contribution in [3.8, 4) is 5.75 Å². The number of anilines is 1. The summed E-state index contributed by atoms with van der Waals surface area (Å²) in [5.74, 6) is -0.0633. The van der Waals surface area contributed by atoms with Gasteiger partial charge in [-0.15, -0.1) is 0 Å². The van der Waals surface area contributed by atoms with E-state index in [9.17, 15) is 9.59 Å². The van der Waals surface area contributed by atoms with E-state index < -0.39 is 12.0 Å². The molecular weight excluding hydrogens is 498 g/mol. The molecule has 0 amide bonds. The second-order valence-electron chi connectivity index (χ2n) is 8.22. The maximum Gasteiger partial charge on any atom is 0.338 e. The number of ether oxygens (including phenoxy) is 2. The molecule has 188 valence electrons. The summed E-state index contributed by atoms with van der Waals surface area (Å²) >= 11 is 7.60. The second kappa shape index (κ2) is 10.7. The Morgan fingerprint density at radius 1 is 1.17 bits per heavy atom. The zero-order valence-corrected chi connectivity index (χ0v) is 22.4. The van der Waals surface area contributed by atoms with Crippen LogP contribution in [0.25, 0.3) is 6.08 Å². The first-order valence-corrected chi connectivity index (χ1v) is 12.8. The fourth-order valence-corrected chi connectivity index (χ4v) is 5.65. The third kappa shape index (κ3) is 4.70. The molecule has 4 rings (SSSR count). The molecule has 2 aromatic carbocycles. The summed E-state index contributed by atoms with van der Waals surface area (Å²) < 4.78 is 12.7. The summed E-state index contributed by atoms with van der Waals surface area (Å²) in [4.78, 5) is 33.9. The van der Waals surface area contributed by atoms with Gasteiger partial charge >= 0.3 is 5.97 Å². The minimum absolute atomic E-state index is 0.257. The van der Waals surface area contributed by atoms with Crippen LogP contribution < -0.4 is 24.5 Å². The van der Waals surface area contributed by atoms with Gasteiger partial charge < -0.3 is 14.4 Å². The van der Waals surface area contributed by atoms with Crippen LogP contribution in [0.5, 0.6) is 5.75 Å². The molecule has 1 aliphatic rings. The molecule has 7 nitrogen and oxygen atoms in total. The number of nitrogens with zero attached hydrogens (tertiary/aromatic N) is 3. The summed E-state index contributed by atoms with van der Waals surface area (Å²) in [7, 11) is 2.84. The van der Waals surface area contributed by atoms with Gasteiger partial charge in [-0.05, 0) is 62.7 Å². The Kier molecular flexibility index (Phi) is 7.66. The molecular formula is C27H28ClN3O4S. The largest absolute Gasteiger partial charge is 0.496 e. The fraction of sp³-hybridized carbons (Fsp3) is 0.296. The Morgan fingerprint density at radius 3 is 2.47 bits per heavy atom. The minimum Gasteiger partial charge on any atom is -0.496 e. The summed E-state index contributed by atoms with van der Waals surface area (Å²) in [5.41, 5.74) is 3.09. The lowest BCUT2D eigenvalue weighted by Crippen LogP contribution is -2.40. The van der Waals surface area contributed by atoms with Crippen LogP contribution in [-0.2, 0) is 9.53 Å². The fourth-order valence-electron chi connectivity index (χ4n) is 4.43. The Balaban J connectivity index is 1.91. The second-order valence-corrected chi connectivity index (χ2v) is 9.67. The molecule has 0 saturated carbocycles. The van der Waals surface area contributed by atoms with Gasteiger partial charge in [0, 0.05) is 29.4 Å². The molecule has 0 bridgehead atoms. The van der Waals surface area contributed by atoms with E-state index in [1.165, 1.54) is 30.1 Å². The molecule has 0 radical (unpaired) electrons. The number of fused-ring (bicyclic) bond motifs is 1. The van der Waals surface area contributed by atoms with E-state index in [1.807, 2.05) is 18.2 Å². The lowest BCUT2D eigenvalue weighted by molar-refractivity contribution is -0.136. The Bertz CT molecular complexity index is 1500. The lowest BCUT2D eigenvalue weighted by atomic mass is 9.95. The van der Waals surface area contributed by atoms with Gasteiger partial charge in [-0.2, -0.15) is 0 Å². The topological polar surface area (TPSA) is 73.1 Å². The number of halogens is 1. The number of methoxy groups -OCH3 is 2. The van der Waals surface area contributed by atoms with Crippen molar-refractivity contribution in [1.29, 1.82) is 0 Å². The number of benzene rings is 2. The van der Waals surface area contributed by atoms with E-state index in [0.29, 0.717) is 31.4 Å². The molecule has 1 atom stereocenters. The molecule has 1 aliphatic heterocycles. The number of hydrogen-bond donors (Lipinski definition) is 0. The smallest absolute Gasteiger partial charge is 0.338 e. The van der Waals surface area contributed by atoms with Gasteiger partial charge in [0.05, 0.1) is 30.0 Å². The predicted octanol–water partition coefficient (Wildman–Crippen LogP) is 3.92. The first-order chi connectivity index (χ1) is 17.3. The number of thiazole rings is 1. The van der Waals surface area contributed by atoms with Crippen LogP contribution in [0.2, 0.25) is 5.02 Å². The van der Waals surface area contributed by atoms with Crippen molar-refractivity contribution in [1.82, 2.24) is 4.57 Å². The Morgan fingerprint density at radius 2 is 1.86 bits per heavy atom. The standard InChI is InChI=1S/C27H28ClN3O4S/c1-6-30(7-2)19-11-8-17(9-12-19)14-22-25(32)31-24(20-15-18(28)10-13-21(20)34-4)23(26(33)35-5)16(3)29-27(31)36-22/h8-15,24H,6-7H2,1-5H3/b22-14-/t24-/m0/s1. The van der Waals surface area contributed by atoms with Crippen LogP contribution in [0.3, 0.4) is 0 Å². The highest BCUT2D eigenvalue weighted by atomic mass is 35.5. The van der Waals surface area contributed by atoms with Crippen molar-refractivity contribution in [2.45, 2.75) is 26.8 Å². The highest BCUT2D eigenvalue weighted by Crippen LogP contribution is 2.37. The number of aromatic nitrogens is 1. The van der Waals surface area contributed by atoms with Crippen LogP contribution in [-0.4, -0.2) is 37.8 Å². The number of allylic oxidation sites excluding steroid dienone is 1. The van der Waals surface area contributed by atoms with Crippen LogP contribution in [0, 0.1) is 0 Å². The molecule has 0 aliphatic carbocycles. The molecule has 0 fully saturated rings. The van der Waals surface area contributed by atoms with Gasteiger partial charge in [-0.25, -0.2) is 9.79 Å². The quantitative estimate of drug-likeness (QED) is 0.437. The van der Waals surface area contributed by atoms with E-state index in [0.717, 1.165) is 24.3 Å². The summed E-state index contributed by atoms with van der Waals surface area (Å²) in [6, 6.07) is 12.4. The van der Waals surface area contributed by atoms with Gasteiger partial charge in [-0.1, -0.05) is 35.1 Å². The third-order valence-electron chi connectivity index (χ3n) is 6.23. The molecule has 0 N–H and O–H groups in total. The van der Waals surface area contributed by atoms with Gasteiger partial charge in [0.2, 0.25) is 0 Å². The molecule has 1 aromatic heterocycles. The van der Waals surface area contributed by atoms with Crippen molar-refractivity contribution in [3.63, 3.8) is 0 Å². The molecule has 3 aromatic rings. The minimum atomic E-state index is -0.797. The Labute approximate surface area is 218 Å². The van der Waals surface area contributed by atoms with Crippen LogP contribution in [0.4, 0.5) is 5.69 Å². The summed E-state index contributed by atoms with van der Waals surface area (Å²) in [6.45, 7) is 7.81. The zero-order valence-electron chi connectivity index (χ0n) is 20.9.